The summed E-state index contributed by atoms with van der Waals surface area (Å²) in [5.74, 6) is -1.07. The Kier molecular flexibility index (Phi) is 12.2. The van der Waals surface area contributed by atoms with Crippen LogP contribution in [-0.4, -0.2) is 66.9 Å². The number of benzene rings is 1. The molecule has 1 saturated heterocycles. The number of likely N-dealkylation sites (tertiary alicyclic amines) is 1. The third-order valence-electron chi connectivity index (χ3n) is 10.6. The normalized spacial score (nSPS) is 20.0. The van der Waals surface area contributed by atoms with Crippen molar-refractivity contribution in [3.8, 4) is 16.5 Å². The second kappa shape index (κ2) is 15.5. The van der Waals surface area contributed by atoms with Gasteiger partial charge in [-0.1, -0.05) is 72.2 Å². The highest BCUT2D eigenvalue weighted by molar-refractivity contribution is 7.13. The van der Waals surface area contributed by atoms with Crippen molar-refractivity contribution in [2.45, 2.75) is 136 Å². The van der Waals surface area contributed by atoms with Gasteiger partial charge in [0, 0.05) is 19.4 Å². The molecule has 2 aromatic rings. The van der Waals surface area contributed by atoms with Crippen LogP contribution in [0.25, 0.3) is 10.4 Å². The maximum absolute atomic E-state index is 14.5. The van der Waals surface area contributed by atoms with Crippen molar-refractivity contribution in [2.24, 2.45) is 10.8 Å². The Bertz CT molecular complexity index is 1580. The maximum atomic E-state index is 14.5. The van der Waals surface area contributed by atoms with Crippen LogP contribution in [0.3, 0.4) is 0 Å². The van der Waals surface area contributed by atoms with E-state index < -0.39 is 37.1 Å². The molecule has 1 aliphatic carbocycles. The number of aromatic nitrogens is 1. The SMILES string of the molecule is Cc1ncsc1-c1ccc([C@H](CCCCC=O)NC(=O)[C@@H]2C[C@@H](O[Si](C)(C)C(C)(C)C)CN2C(=O)[C@@H](NC(=O)C2(C#N)CC2)C(C)(C)C)cc1. The Morgan fingerprint density at radius 3 is 2.30 bits per heavy atom. The van der Waals surface area contributed by atoms with Crippen molar-refractivity contribution < 1.29 is 23.6 Å². The zero-order valence-electron chi connectivity index (χ0n) is 31.2. The molecule has 0 bridgehead atoms. The van der Waals surface area contributed by atoms with Crippen LogP contribution in [0.5, 0.6) is 0 Å². The minimum absolute atomic E-state index is 0.0729. The highest BCUT2D eigenvalue weighted by Gasteiger charge is 2.54. The average molecular weight is 722 g/mol. The first-order valence-electron chi connectivity index (χ1n) is 17.8. The molecule has 3 amide bonds. The molecule has 1 aromatic heterocycles. The number of unbranched alkanes of at least 4 members (excludes halogenated alkanes) is 2. The molecule has 4 atom stereocenters. The predicted molar refractivity (Wildman–Crippen MR) is 199 cm³/mol. The Morgan fingerprint density at radius 2 is 1.78 bits per heavy atom. The number of carbonyl (C=O) groups is 4. The van der Waals surface area contributed by atoms with Crippen LogP contribution in [0.2, 0.25) is 18.1 Å². The van der Waals surface area contributed by atoms with E-state index in [0.717, 1.165) is 34.4 Å². The molecule has 0 radical (unpaired) electrons. The van der Waals surface area contributed by atoms with Crippen LogP contribution >= 0.6 is 11.3 Å². The Morgan fingerprint density at radius 1 is 1.12 bits per heavy atom. The van der Waals surface area contributed by atoms with E-state index in [1.807, 2.05) is 57.5 Å². The molecule has 0 spiro atoms. The largest absolute Gasteiger partial charge is 0.412 e. The highest BCUT2D eigenvalue weighted by atomic mass is 32.1. The number of thiazole rings is 1. The topological polar surface area (TPSA) is 141 Å². The molecule has 2 N–H and O–H groups in total. The standard InChI is InChI=1S/C38H55N5O5SSi/c1-25-31(49-24-40-25)27-16-14-26(15-17-27)29(13-11-10-12-20-44)41-33(45)30-21-28(48-50(8,9)37(5,6)7)22-43(30)34(46)32(36(2,3)4)42-35(47)38(23-39)18-19-38/h14-17,20,24,28-30,32H,10-13,18-19,21-22H2,1-9H3,(H,41,45)(H,42,47)/t28-,29+,30+,32-/m1/s1. The van der Waals surface area contributed by atoms with E-state index in [-0.39, 0.29) is 35.5 Å². The molecular formula is C38H55N5O5SSi. The fraction of sp³-hybridized carbons (Fsp3) is 0.632. The Labute approximate surface area is 302 Å². The summed E-state index contributed by atoms with van der Waals surface area (Å²) in [7, 11) is -2.26. The van der Waals surface area contributed by atoms with E-state index in [4.69, 9.17) is 4.43 Å². The predicted octanol–water partition coefficient (Wildman–Crippen LogP) is 6.86. The first-order chi connectivity index (χ1) is 23.3. The zero-order chi connectivity index (χ0) is 37.1. The van der Waals surface area contributed by atoms with Crippen molar-refractivity contribution in [3.63, 3.8) is 0 Å². The van der Waals surface area contributed by atoms with Crippen LogP contribution in [0.1, 0.15) is 104 Å². The number of nitrogens with one attached hydrogen (secondary N) is 2. The minimum atomic E-state index is -2.26. The summed E-state index contributed by atoms with van der Waals surface area (Å²) < 4.78 is 6.79. The lowest BCUT2D eigenvalue weighted by Crippen LogP contribution is -2.58. The molecule has 2 fully saturated rings. The van der Waals surface area contributed by atoms with Gasteiger partial charge >= 0.3 is 0 Å². The van der Waals surface area contributed by atoms with E-state index in [1.165, 1.54) is 0 Å². The van der Waals surface area contributed by atoms with Gasteiger partial charge in [-0.25, -0.2) is 4.98 Å². The van der Waals surface area contributed by atoms with Crippen LogP contribution in [0, 0.1) is 29.1 Å². The number of carbonyl (C=O) groups excluding carboxylic acids is 4. The zero-order valence-corrected chi connectivity index (χ0v) is 33.0. The summed E-state index contributed by atoms with van der Waals surface area (Å²) in [5, 5.41) is 15.8. The summed E-state index contributed by atoms with van der Waals surface area (Å²) >= 11 is 1.58. The van der Waals surface area contributed by atoms with Gasteiger partial charge in [-0.3, -0.25) is 14.4 Å². The summed E-state index contributed by atoms with van der Waals surface area (Å²) in [6, 6.07) is 8.16. The van der Waals surface area contributed by atoms with Crippen LogP contribution in [-0.2, 0) is 23.6 Å². The first-order valence-corrected chi connectivity index (χ1v) is 21.6. The Hall–Kier alpha value is -3.40. The second-order valence-corrected chi connectivity index (χ2v) is 22.2. The smallest absolute Gasteiger partial charge is 0.246 e. The van der Waals surface area contributed by atoms with Crippen LogP contribution in [0.15, 0.2) is 29.8 Å². The van der Waals surface area contributed by atoms with E-state index in [0.29, 0.717) is 38.5 Å². The van der Waals surface area contributed by atoms with Crippen molar-refractivity contribution in [2.75, 3.05) is 6.54 Å². The van der Waals surface area contributed by atoms with Gasteiger partial charge in [0.25, 0.3) is 0 Å². The molecule has 12 heteroatoms. The number of nitriles is 1. The number of hydrogen-bond donors (Lipinski definition) is 2. The maximum Gasteiger partial charge on any atom is 0.246 e. The van der Waals surface area contributed by atoms with Crippen molar-refractivity contribution in [1.29, 1.82) is 5.26 Å². The monoisotopic (exact) mass is 721 g/mol. The summed E-state index contributed by atoms with van der Waals surface area (Å²) in [6.07, 6.45) is 4.36. The van der Waals surface area contributed by atoms with Gasteiger partial charge in [-0.05, 0) is 67.3 Å². The van der Waals surface area contributed by atoms with Gasteiger partial charge < -0.3 is 24.8 Å². The molecular weight excluding hydrogens is 667 g/mol. The van der Waals surface area contributed by atoms with Crippen LogP contribution in [0.4, 0.5) is 0 Å². The van der Waals surface area contributed by atoms with Gasteiger partial charge in [0.05, 0.1) is 34.3 Å². The summed E-state index contributed by atoms with van der Waals surface area (Å²) in [6.45, 7) is 18.6. The molecule has 2 aliphatic rings. The van der Waals surface area contributed by atoms with Gasteiger partial charge in [0.15, 0.2) is 8.32 Å². The van der Waals surface area contributed by atoms with Gasteiger partial charge in [-0.2, -0.15) is 5.26 Å². The molecule has 1 saturated carbocycles. The third-order valence-corrected chi connectivity index (χ3v) is 16.1. The molecule has 2 heterocycles. The fourth-order valence-corrected chi connectivity index (χ4v) is 8.35. The molecule has 0 unspecified atom stereocenters. The van der Waals surface area contributed by atoms with E-state index in [9.17, 15) is 24.4 Å². The molecule has 1 aromatic carbocycles. The lowest BCUT2D eigenvalue weighted by molar-refractivity contribution is -0.144. The molecule has 272 valence electrons. The second-order valence-electron chi connectivity index (χ2n) is 16.6. The number of amides is 3. The summed E-state index contributed by atoms with van der Waals surface area (Å²) in [5.41, 5.74) is 3.01. The van der Waals surface area contributed by atoms with Crippen molar-refractivity contribution in [3.05, 3.63) is 41.0 Å². The van der Waals surface area contributed by atoms with Crippen LogP contribution < -0.4 is 10.6 Å². The number of aryl methyl sites for hydroxylation is 1. The van der Waals surface area contributed by atoms with E-state index in [2.05, 4.69) is 55.6 Å². The van der Waals surface area contributed by atoms with Gasteiger partial charge in [0.1, 0.15) is 23.8 Å². The van der Waals surface area contributed by atoms with Gasteiger partial charge in [0.2, 0.25) is 17.7 Å². The van der Waals surface area contributed by atoms with E-state index in [1.54, 1.807) is 16.2 Å². The lowest BCUT2D eigenvalue weighted by atomic mass is 9.85. The molecule has 1 aliphatic heterocycles. The molecule has 50 heavy (non-hydrogen) atoms. The molecule has 4 rings (SSSR count). The van der Waals surface area contributed by atoms with Crippen molar-refractivity contribution >= 4 is 43.7 Å². The highest BCUT2D eigenvalue weighted by Crippen LogP contribution is 2.45. The van der Waals surface area contributed by atoms with Crippen molar-refractivity contribution in [1.82, 2.24) is 20.5 Å². The number of nitrogens with zero attached hydrogens (tertiary/aromatic N) is 3. The first kappa shape index (κ1) is 39.4. The van der Waals surface area contributed by atoms with E-state index >= 15 is 0 Å². The number of rotatable bonds is 14. The molecule has 10 nitrogen and oxygen atoms in total. The third kappa shape index (κ3) is 9.08. The number of aldehydes is 1. The fourth-order valence-electron chi connectivity index (χ4n) is 6.18. The average Bonchev–Trinajstić information content (AvgIpc) is 3.56. The summed E-state index contributed by atoms with van der Waals surface area (Å²) in [4.78, 5) is 60.3. The lowest BCUT2D eigenvalue weighted by Gasteiger charge is -2.38. The number of hydrogen-bond acceptors (Lipinski definition) is 8. The van der Waals surface area contributed by atoms with Gasteiger partial charge in [-0.15, -0.1) is 11.3 Å². The quantitative estimate of drug-likeness (QED) is 0.123. The minimum Gasteiger partial charge on any atom is -0.412 e. The Balaban J connectivity index is 1.63.